The molecule has 0 aliphatic carbocycles. The lowest BCUT2D eigenvalue weighted by atomic mass is 10.1. The molecule has 2 aromatic carbocycles. The predicted molar refractivity (Wildman–Crippen MR) is 105 cm³/mol. The molecule has 8 heteroatoms. The van der Waals surface area contributed by atoms with Gasteiger partial charge in [0.05, 0.1) is 12.3 Å². The maximum absolute atomic E-state index is 12.1. The lowest BCUT2D eigenvalue weighted by Crippen LogP contribution is -2.41. The lowest BCUT2D eigenvalue weighted by Gasteiger charge is -2.26. The van der Waals surface area contributed by atoms with Gasteiger partial charge in [-0.25, -0.2) is 0 Å². The van der Waals surface area contributed by atoms with E-state index in [9.17, 15) is 4.79 Å². The van der Waals surface area contributed by atoms with Crippen molar-refractivity contribution < 1.29 is 18.7 Å². The van der Waals surface area contributed by atoms with E-state index < -0.39 is 0 Å². The molecule has 2 heterocycles. The van der Waals surface area contributed by atoms with Gasteiger partial charge in [0.2, 0.25) is 11.8 Å². The number of nitrogens with zero attached hydrogens (tertiary/aromatic N) is 2. The molecule has 0 saturated heterocycles. The smallest absolute Gasteiger partial charge is 0.277 e. The van der Waals surface area contributed by atoms with Crippen molar-refractivity contribution in [2.75, 3.05) is 18.9 Å². The molecule has 0 fully saturated rings. The summed E-state index contributed by atoms with van der Waals surface area (Å²) in [5, 5.41) is 11.2. The second-order valence-corrected chi connectivity index (χ2v) is 7.26. The zero-order chi connectivity index (χ0) is 19.3. The first kappa shape index (κ1) is 18.4. The maximum Gasteiger partial charge on any atom is 0.277 e. The molecule has 0 spiro atoms. The first-order chi connectivity index (χ1) is 13.7. The van der Waals surface area contributed by atoms with E-state index in [0.717, 1.165) is 16.9 Å². The molecule has 144 valence electrons. The maximum atomic E-state index is 12.1. The van der Waals surface area contributed by atoms with Crippen molar-refractivity contribution in [3.05, 3.63) is 54.1 Å². The fourth-order valence-electron chi connectivity index (χ4n) is 2.65. The Morgan fingerprint density at radius 3 is 2.75 bits per heavy atom. The molecule has 1 amide bonds. The fourth-order valence-corrected chi connectivity index (χ4v) is 3.24. The number of ether oxygens (including phenoxy) is 2. The van der Waals surface area contributed by atoms with Gasteiger partial charge in [0.25, 0.3) is 5.22 Å². The molecule has 1 aliphatic heterocycles. The number of amides is 1. The van der Waals surface area contributed by atoms with Gasteiger partial charge in [-0.3, -0.25) is 4.79 Å². The predicted octanol–water partition coefficient (Wildman–Crippen LogP) is 3.09. The topological polar surface area (TPSA) is 86.5 Å². The van der Waals surface area contributed by atoms with Crippen molar-refractivity contribution in [2.45, 2.75) is 18.3 Å². The Kier molecular flexibility index (Phi) is 5.48. The van der Waals surface area contributed by atoms with Gasteiger partial charge in [-0.1, -0.05) is 41.6 Å². The lowest BCUT2D eigenvalue weighted by molar-refractivity contribution is -0.119. The van der Waals surface area contributed by atoms with E-state index in [1.54, 1.807) is 0 Å². The second kappa shape index (κ2) is 8.35. The van der Waals surface area contributed by atoms with Crippen LogP contribution in [0.1, 0.15) is 5.56 Å². The second-order valence-electron chi connectivity index (χ2n) is 6.33. The first-order valence-corrected chi connectivity index (χ1v) is 9.84. The van der Waals surface area contributed by atoms with Gasteiger partial charge in [0.1, 0.15) is 12.7 Å². The molecule has 1 aromatic heterocycles. The van der Waals surface area contributed by atoms with Crippen LogP contribution < -0.4 is 14.8 Å². The van der Waals surface area contributed by atoms with Gasteiger partial charge in [-0.15, -0.1) is 10.2 Å². The van der Waals surface area contributed by atoms with Crippen LogP contribution in [0.3, 0.4) is 0 Å². The van der Waals surface area contributed by atoms with Crippen LogP contribution in [0, 0.1) is 6.92 Å². The number of para-hydroxylation sites is 2. The molecule has 4 rings (SSSR count). The number of rotatable bonds is 6. The Hall–Kier alpha value is -3.00. The Bertz CT molecular complexity index is 958. The highest BCUT2D eigenvalue weighted by Gasteiger charge is 2.21. The van der Waals surface area contributed by atoms with Gasteiger partial charge in [-0.2, -0.15) is 0 Å². The van der Waals surface area contributed by atoms with Crippen LogP contribution in [0.4, 0.5) is 0 Å². The Morgan fingerprint density at radius 2 is 1.93 bits per heavy atom. The third-order valence-corrected chi connectivity index (χ3v) is 4.94. The number of fused-ring (bicyclic) bond motifs is 1. The summed E-state index contributed by atoms with van der Waals surface area (Å²) in [5.74, 6) is 1.90. The van der Waals surface area contributed by atoms with Crippen LogP contribution in [0.25, 0.3) is 11.5 Å². The minimum Gasteiger partial charge on any atom is -0.486 e. The van der Waals surface area contributed by atoms with E-state index in [-0.39, 0.29) is 17.8 Å². The van der Waals surface area contributed by atoms with Gasteiger partial charge < -0.3 is 19.2 Å². The van der Waals surface area contributed by atoms with Crippen molar-refractivity contribution >= 4 is 17.7 Å². The van der Waals surface area contributed by atoms with Crippen LogP contribution >= 0.6 is 11.8 Å². The van der Waals surface area contributed by atoms with Gasteiger partial charge in [-0.05, 0) is 31.2 Å². The largest absolute Gasteiger partial charge is 0.486 e. The zero-order valence-electron chi connectivity index (χ0n) is 15.3. The molecule has 3 aromatic rings. The summed E-state index contributed by atoms with van der Waals surface area (Å²) in [7, 11) is 0. The number of carbonyl (C=O) groups is 1. The number of hydrogen-bond acceptors (Lipinski definition) is 7. The standard InChI is InChI=1S/C20H19N3O4S/c1-13-6-8-14(9-7-13)19-22-23-20(27-19)28-12-18(24)21-10-15-11-25-16-4-2-3-5-17(16)26-15/h2-9,15H,10-12H2,1H3,(H,21,24). The van der Waals surface area contributed by atoms with E-state index in [1.165, 1.54) is 11.8 Å². The molecule has 1 N–H and O–H groups in total. The summed E-state index contributed by atoms with van der Waals surface area (Å²) < 4.78 is 17.1. The zero-order valence-corrected chi connectivity index (χ0v) is 16.1. The van der Waals surface area contributed by atoms with Crippen molar-refractivity contribution in [1.82, 2.24) is 15.5 Å². The Labute approximate surface area is 166 Å². The SMILES string of the molecule is Cc1ccc(-c2nnc(SCC(=O)NCC3COc4ccccc4O3)o2)cc1. The minimum absolute atomic E-state index is 0.137. The van der Waals surface area contributed by atoms with Crippen LogP contribution in [0.2, 0.25) is 0 Å². The highest BCUT2D eigenvalue weighted by Crippen LogP contribution is 2.30. The Balaban J connectivity index is 1.24. The molecule has 7 nitrogen and oxygen atoms in total. The number of thioether (sulfide) groups is 1. The average molecular weight is 397 g/mol. The third-order valence-electron chi connectivity index (χ3n) is 4.13. The van der Waals surface area contributed by atoms with E-state index in [4.69, 9.17) is 13.9 Å². The van der Waals surface area contributed by atoms with E-state index in [0.29, 0.717) is 30.0 Å². The number of nitrogens with one attached hydrogen (secondary N) is 1. The van der Waals surface area contributed by atoms with Crippen molar-refractivity contribution in [2.24, 2.45) is 0 Å². The highest BCUT2D eigenvalue weighted by molar-refractivity contribution is 7.99. The van der Waals surface area contributed by atoms with Gasteiger partial charge >= 0.3 is 0 Å². The van der Waals surface area contributed by atoms with Crippen molar-refractivity contribution in [3.63, 3.8) is 0 Å². The van der Waals surface area contributed by atoms with Crippen LogP contribution in [-0.4, -0.2) is 41.1 Å². The summed E-state index contributed by atoms with van der Waals surface area (Å²) >= 11 is 1.20. The van der Waals surface area contributed by atoms with E-state index >= 15 is 0 Å². The number of carbonyl (C=O) groups excluding carboxylic acids is 1. The average Bonchev–Trinajstić information content (AvgIpc) is 3.20. The molecule has 1 unspecified atom stereocenters. The third kappa shape index (κ3) is 4.45. The van der Waals surface area contributed by atoms with Crippen LogP contribution in [0.5, 0.6) is 11.5 Å². The summed E-state index contributed by atoms with van der Waals surface area (Å²) in [6.45, 7) is 2.78. The molecular formula is C20H19N3O4S. The molecule has 0 radical (unpaired) electrons. The molecule has 1 atom stereocenters. The number of hydrogen-bond donors (Lipinski definition) is 1. The number of aromatic nitrogens is 2. The molecule has 28 heavy (non-hydrogen) atoms. The van der Waals surface area contributed by atoms with E-state index in [1.807, 2.05) is 55.5 Å². The molecule has 0 saturated carbocycles. The van der Waals surface area contributed by atoms with E-state index in [2.05, 4.69) is 15.5 Å². The van der Waals surface area contributed by atoms with Gasteiger partial charge in [0.15, 0.2) is 11.5 Å². The minimum atomic E-state index is -0.222. The summed E-state index contributed by atoms with van der Waals surface area (Å²) in [6, 6.07) is 15.3. The number of benzene rings is 2. The quantitative estimate of drug-likeness (QED) is 0.640. The van der Waals surface area contributed by atoms with Crippen molar-refractivity contribution in [3.8, 4) is 23.0 Å². The first-order valence-electron chi connectivity index (χ1n) is 8.86. The summed E-state index contributed by atoms with van der Waals surface area (Å²) in [6.07, 6.45) is -0.222. The normalized spacial score (nSPS) is 15.2. The van der Waals surface area contributed by atoms with Crippen molar-refractivity contribution in [1.29, 1.82) is 0 Å². The summed E-state index contributed by atoms with van der Waals surface area (Å²) in [5.41, 5.74) is 2.01. The number of aryl methyl sites for hydroxylation is 1. The molecule has 0 bridgehead atoms. The highest BCUT2D eigenvalue weighted by atomic mass is 32.2. The Morgan fingerprint density at radius 1 is 1.14 bits per heavy atom. The molecular weight excluding hydrogens is 378 g/mol. The summed E-state index contributed by atoms with van der Waals surface area (Å²) in [4.78, 5) is 12.1. The fraction of sp³-hybridized carbons (Fsp3) is 0.250. The van der Waals surface area contributed by atoms with Crippen LogP contribution in [-0.2, 0) is 4.79 Å². The monoisotopic (exact) mass is 397 g/mol. The molecule has 1 aliphatic rings. The van der Waals surface area contributed by atoms with Crippen LogP contribution in [0.15, 0.2) is 58.2 Å². The van der Waals surface area contributed by atoms with Gasteiger partial charge in [0, 0.05) is 5.56 Å².